The lowest BCUT2D eigenvalue weighted by Crippen LogP contribution is -2.42. The number of hydrazine groups is 1. The molecule has 12 heteroatoms. The number of phenolic OH excluding ortho intramolecular Hbond substituents is 1. The number of carboxylic acid groups (broad SMARTS) is 1. The summed E-state index contributed by atoms with van der Waals surface area (Å²) in [4.78, 5) is 36.3. The predicted octanol–water partition coefficient (Wildman–Crippen LogP) is 4.87. The molecule has 0 spiro atoms. The molecular weight excluding hydrogens is 643 g/mol. The van der Waals surface area contributed by atoms with E-state index in [4.69, 9.17) is 11.6 Å². The first-order valence-corrected chi connectivity index (χ1v) is 10.3. The third-order valence-corrected chi connectivity index (χ3v) is 8.20. The molecule has 0 fully saturated rings. The molecule has 2 aromatic rings. The number of aromatic carboxylic acids is 1. The van der Waals surface area contributed by atoms with Crippen LogP contribution in [0.1, 0.15) is 31.1 Å². The molecule has 0 aliphatic rings. The van der Waals surface area contributed by atoms with Crippen LogP contribution in [0.25, 0.3) is 0 Å². The lowest BCUT2D eigenvalue weighted by Gasteiger charge is -2.15. The van der Waals surface area contributed by atoms with Crippen molar-refractivity contribution in [2.75, 3.05) is 0 Å². The van der Waals surface area contributed by atoms with Gasteiger partial charge < -0.3 is 10.2 Å². The molecule has 0 saturated carbocycles. The van der Waals surface area contributed by atoms with Gasteiger partial charge in [0.25, 0.3) is 11.8 Å². The average molecular weight is 650 g/mol. The van der Waals surface area contributed by atoms with Crippen LogP contribution in [-0.4, -0.2) is 28.0 Å². The van der Waals surface area contributed by atoms with Crippen molar-refractivity contribution in [3.63, 3.8) is 0 Å². The minimum Gasteiger partial charge on any atom is -0.507 e. The molecular formula is C15H7Br4ClN2O5. The number of benzene rings is 2. The molecule has 0 saturated heterocycles. The lowest BCUT2D eigenvalue weighted by molar-refractivity contribution is 0.0689. The smallest absolute Gasteiger partial charge is 0.337 e. The van der Waals surface area contributed by atoms with Gasteiger partial charge in [0.05, 0.1) is 16.7 Å². The molecule has 0 unspecified atom stereocenters. The summed E-state index contributed by atoms with van der Waals surface area (Å²) < 4.78 is 1.07. The highest BCUT2D eigenvalue weighted by Gasteiger charge is 2.28. The van der Waals surface area contributed by atoms with Crippen LogP contribution in [-0.2, 0) is 0 Å². The number of hydrogen-bond donors (Lipinski definition) is 4. The van der Waals surface area contributed by atoms with E-state index in [1.807, 2.05) is 0 Å². The molecule has 0 bridgehead atoms. The summed E-state index contributed by atoms with van der Waals surface area (Å²) in [6.07, 6.45) is 0. The number of nitrogens with one attached hydrogen (secondary N) is 2. The van der Waals surface area contributed by atoms with Gasteiger partial charge in [0.1, 0.15) is 5.75 Å². The Morgan fingerprint density at radius 2 is 1.37 bits per heavy atom. The molecule has 27 heavy (non-hydrogen) atoms. The van der Waals surface area contributed by atoms with Gasteiger partial charge in [-0.3, -0.25) is 20.4 Å². The number of phenols is 1. The summed E-state index contributed by atoms with van der Waals surface area (Å²) in [6, 6.07) is 3.82. The number of aromatic hydroxyl groups is 1. The minimum absolute atomic E-state index is 0.133. The van der Waals surface area contributed by atoms with Crippen LogP contribution in [0.5, 0.6) is 5.75 Å². The molecule has 4 N–H and O–H groups in total. The van der Waals surface area contributed by atoms with Crippen molar-refractivity contribution in [2.45, 2.75) is 0 Å². The first-order chi connectivity index (χ1) is 12.6. The SMILES string of the molecule is O=C(NNC(=O)c1c(Br)c(Br)c(Br)c(Br)c1C(=O)O)c1cc(Cl)ccc1O. The highest BCUT2D eigenvalue weighted by atomic mass is 79.9. The Morgan fingerprint density at radius 3 is 1.93 bits per heavy atom. The van der Waals surface area contributed by atoms with Crippen molar-refractivity contribution in [2.24, 2.45) is 0 Å². The second-order valence-electron chi connectivity index (χ2n) is 4.88. The van der Waals surface area contributed by atoms with Crippen LogP contribution < -0.4 is 10.9 Å². The van der Waals surface area contributed by atoms with Crippen LogP contribution in [0.3, 0.4) is 0 Å². The van der Waals surface area contributed by atoms with Gasteiger partial charge in [0.15, 0.2) is 0 Å². The first kappa shape index (κ1) is 22.2. The fourth-order valence-electron chi connectivity index (χ4n) is 1.98. The van der Waals surface area contributed by atoms with Crippen molar-refractivity contribution in [3.8, 4) is 5.75 Å². The number of amides is 2. The third-order valence-electron chi connectivity index (χ3n) is 3.20. The molecule has 2 amide bonds. The minimum atomic E-state index is -1.36. The van der Waals surface area contributed by atoms with Crippen molar-refractivity contribution in [1.82, 2.24) is 10.9 Å². The second kappa shape index (κ2) is 8.91. The van der Waals surface area contributed by atoms with Gasteiger partial charge in [-0.2, -0.15) is 0 Å². The maximum absolute atomic E-state index is 12.5. The highest BCUT2D eigenvalue weighted by Crippen LogP contribution is 2.42. The van der Waals surface area contributed by atoms with Gasteiger partial charge in [0.2, 0.25) is 0 Å². The summed E-state index contributed by atoms with van der Waals surface area (Å²) in [5, 5.41) is 19.4. The highest BCUT2D eigenvalue weighted by molar-refractivity contribution is 9.15. The zero-order valence-electron chi connectivity index (χ0n) is 12.7. The van der Waals surface area contributed by atoms with Crippen LogP contribution >= 0.6 is 75.3 Å². The Kier molecular flexibility index (Phi) is 7.31. The van der Waals surface area contributed by atoms with E-state index in [2.05, 4.69) is 74.6 Å². The second-order valence-corrected chi connectivity index (χ2v) is 8.49. The van der Waals surface area contributed by atoms with Crippen molar-refractivity contribution < 1.29 is 24.6 Å². The monoisotopic (exact) mass is 646 g/mol. The van der Waals surface area contributed by atoms with E-state index in [1.165, 1.54) is 18.2 Å². The van der Waals surface area contributed by atoms with Crippen LogP contribution in [0.4, 0.5) is 0 Å². The molecule has 0 radical (unpaired) electrons. The topological polar surface area (TPSA) is 116 Å². The van der Waals surface area contributed by atoms with Gasteiger partial charge in [-0.1, -0.05) is 11.6 Å². The molecule has 0 aliphatic heterocycles. The number of carbonyl (C=O) groups excluding carboxylic acids is 2. The summed E-state index contributed by atoms with van der Waals surface area (Å²) in [5.74, 6) is -3.44. The Bertz CT molecular complexity index is 983. The summed E-state index contributed by atoms with van der Waals surface area (Å²) in [5.41, 5.74) is 3.48. The maximum Gasteiger partial charge on any atom is 0.337 e. The number of rotatable bonds is 3. The van der Waals surface area contributed by atoms with Gasteiger partial charge >= 0.3 is 5.97 Å². The van der Waals surface area contributed by atoms with Gasteiger partial charge in [-0.15, -0.1) is 0 Å². The van der Waals surface area contributed by atoms with E-state index in [1.54, 1.807) is 0 Å². The molecule has 142 valence electrons. The molecule has 0 heterocycles. The molecule has 0 aliphatic carbocycles. The van der Waals surface area contributed by atoms with Crippen LogP contribution in [0, 0.1) is 0 Å². The van der Waals surface area contributed by atoms with Crippen LogP contribution in [0.2, 0.25) is 5.02 Å². The van der Waals surface area contributed by atoms with Crippen molar-refractivity contribution >= 4 is 93.1 Å². The van der Waals surface area contributed by atoms with E-state index < -0.39 is 17.8 Å². The fourth-order valence-corrected chi connectivity index (χ4v) is 4.62. The fraction of sp³-hybridized carbons (Fsp3) is 0. The number of carbonyl (C=O) groups is 3. The lowest BCUT2D eigenvalue weighted by atomic mass is 10.1. The number of carboxylic acids is 1. The van der Waals surface area contributed by atoms with E-state index in [9.17, 15) is 24.6 Å². The van der Waals surface area contributed by atoms with Gasteiger partial charge in [-0.05, 0) is 81.9 Å². The molecule has 7 nitrogen and oxygen atoms in total. The largest absolute Gasteiger partial charge is 0.507 e. The van der Waals surface area contributed by atoms with E-state index in [0.29, 0.717) is 8.95 Å². The van der Waals surface area contributed by atoms with E-state index in [-0.39, 0.29) is 36.4 Å². The predicted molar refractivity (Wildman–Crippen MR) is 112 cm³/mol. The van der Waals surface area contributed by atoms with Crippen LogP contribution in [0.15, 0.2) is 36.1 Å². The van der Waals surface area contributed by atoms with E-state index >= 15 is 0 Å². The van der Waals surface area contributed by atoms with Gasteiger partial charge in [-0.25, -0.2) is 4.79 Å². The Morgan fingerprint density at radius 1 is 0.852 bits per heavy atom. The normalized spacial score (nSPS) is 10.4. The summed E-state index contributed by atoms with van der Waals surface area (Å²) in [7, 11) is 0. The van der Waals surface area contributed by atoms with E-state index in [0.717, 1.165) is 0 Å². The van der Waals surface area contributed by atoms with Gasteiger partial charge in [0, 0.05) is 22.9 Å². The quantitative estimate of drug-likeness (QED) is 0.215. The maximum atomic E-state index is 12.5. The summed E-state index contributed by atoms with van der Waals surface area (Å²) in [6.45, 7) is 0. The van der Waals surface area contributed by atoms with Crippen molar-refractivity contribution in [3.05, 3.63) is 57.8 Å². The average Bonchev–Trinajstić information content (AvgIpc) is 2.62. The Balaban J connectivity index is 2.35. The standard InChI is InChI=1S/C15H7Br4ClN2O5/c16-9-7(8(15(26)27)10(17)12(19)11(9)18)14(25)22-21-13(24)5-3-4(20)1-2-6(5)23/h1-3,23H,(H,21,24)(H,22,25)(H,26,27). The summed E-state index contributed by atoms with van der Waals surface area (Å²) >= 11 is 18.5. The molecule has 0 aromatic heterocycles. The number of halogens is 5. The zero-order valence-corrected chi connectivity index (χ0v) is 19.8. The molecule has 2 aromatic carbocycles. The molecule has 0 atom stereocenters. The Hall–Kier alpha value is -1.14. The third kappa shape index (κ3) is 4.65. The first-order valence-electron chi connectivity index (χ1n) is 6.74. The molecule has 2 rings (SSSR count). The number of hydrogen-bond acceptors (Lipinski definition) is 4. The zero-order chi connectivity index (χ0) is 20.5. The Labute approximate surface area is 190 Å². The van der Waals surface area contributed by atoms with Crippen molar-refractivity contribution in [1.29, 1.82) is 0 Å².